The molecule has 1 aliphatic heterocycles. The second-order valence-electron chi connectivity index (χ2n) is 6.69. The third kappa shape index (κ3) is 3.59. The van der Waals surface area contributed by atoms with Crippen molar-refractivity contribution in [2.75, 3.05) is 18.4 Å². The van der Waals surface area contributed by atoms with E-state index in [1.165, 1.54) is 6.20 Å². The number of hydrogen-bond donors (Lipinski definition) is 3. The lowest BCUT2D eigenvalue weighted by Gasteiger charge is -2.24. The molecule has 0 bridgehead atoms. The second kappa shape index (κ2) is 6.80. The van der Waals surface area contributed by atoms with E-state index < -0.39 is 11.7 Å². The van der Waals surface area contributed by atoms with Gasteiger partial charge in [-0.25, -0.2) is 15.0 Å². The number of rotatable bonds is 3. The Kier molecular flexibility index (Phi) is 4.47. The number of aryl methyl sites for hydroxylation is 1. The predicted molar refractivity (Wildman–Crippen MR) is 96.4 cm³/mol. The van der Waals surface area contributed by atoms with E-state index in [1.54, 1.807) is 12.1 Å². The van der Waals surface area contributed by atoms with Gasteiger partial charge in [-0.1, -0.05) is 0 Å². The van der Waals surface area contributed by atoms with Gasteiger partial charge in [-0.2, -0.15) is 13.2 Å². The first-order chi connectivity index (χ1) is 12.9. The number of piperidine rings is 1. The van der Waals surface area contributed by atoms with E-state index in [9.17, 15) is 13.2 Å². The molecular weight excluding hydrogens is 357 g/mol. The highest BCUT2D eigenvalue weighted by molar-refractivity contribution is 5.93. The lowest BCUT2D eigenvalue weighted by molar-refractivity contribution is -0.137. The number of hydrogen-bond acceptors (Lipinski definition) is 5. The van der Waals surface area contributed by atoms with Crippen molar-refractivity contribution in [3.63, 3.8) is 0 Å². The summed E-state index contributed by atoms with van der Waals surface area (Å²) in [6, 6.07) is 3.61. The number of nitrogens with zero attached hydrogens (tertiary/aromatic N) is 3. The first kappa shape index (κ1) is 17.7. The third-order valence-corrected chi connectivity index (χ3v) is 4.66. The van der Waals surface area contributed by atoms with Crippen LogP contribution in [0, 0.1) is 6.92 Å². The van der Waals surface area contributed by atoms with E-state index in [0.29, 0.717) is 16.6 Å². The topological polar surface area (TPSA) is 78.5 Å². The van der Waals surface area contributed by atoms with Crippen LogP contribution in [0.1, 0.15) is 24.1 Å². The molecule has 1 aliphatic rings. The lowest BCUT2D eigenvalue weighted by atomic mass is 10.1. The molecule has 3 N–H and O–H groups in total. The molecule has 1 saturated heterocycles. The van der Waals surface area contributed by atoms with Gasteiger partial charge in [0, 0.05) is 41.6 Å². The Balaban J connectivity index is 1.79. The van der Waals surface area contributed by atoms with E-state index >= 15 is 0 Å². The number of nitrogens with one attached hydrogen (secondary N) is 3. The van der Waals surface area contributed by atoms with Gasteiger partial charge >= 0.3 is 6.18 Å². The molecule has 4 rings (SSSR count). The Morgan fingerprint density at radius 2 is 2.07 bits per heavy atom. The Bertz CT molecular complexity index is 959. The van der Waals surface area contributed by atoms with Crippen molar-refractivity contribution in [3.8, 4) is 11.3 Å². The first-order valence-corrected chi connectivity index (χ1v) is 8.78. The van der Waals surface area contributed by atoms with Crippen molar-refractivity contribution < 1.29 is 13.2 Å². The minimum absolute atomic E-state index is 0.0932. The van der Waals surface area contributed by atoms with Crippen molar-refractivity contribution in [3.05, 3.63) is 35.8 Å². The highest BCUT2D eigenvalue weighted by Crippen LogP contribution is 2.38. The fourth-order valence-corrected chi connectivity index (χ4v) is 3.32. The SMILES string of the molecule is Cc1ccc2c(-c3nc(NC4CCCNC4)ncc3C(F)(F)F)c[nH]c2n1. The molecule has 4 heterocycles. The summed E-state index contributed by atoms with van der Waals surface area (Å²) in [5.74, 6) is 0.195. The Labute approximate surface area is 153 Å². The number of anilines is 1. The molecule has 3 aromatic heterocycles. The summed E-state index contributed by atoms with van der Waals surface area (Å²) >= 11 is 0. The van der Waals surface area contributed by atoms with Crippen LogP contribution in [-0.4, -0.2) is 39.1 Å². The smallest absolute Gasteiger partial charge is 0.350 e. The molecule has 1 fully saturated rings. The normalized spacial score (nSPS) is 18.0. The summed E-state index contributed by atoms with van der Waals surface area (Å²) in [7, 11) is 0. The average Bonchev–Trinajstić information content (AvgIpc) is 3.04. The molecule has 1 atom stereocenters. The number of H-pyrrole nitrogens is 1. The van der Waals surface area contributed by atoms with Gasteiger partial charge in [0.2, 0.25) is 5.95 Å². The molecule has 0 aliphatic carbocycles. The summed E-state index contributed by atoms with van der Waals surface area (Å²) in [6.07, 6.45) is -0.272. The Hall–Kier alpha value is -2.68. The van der Waals surface area contributed by atoms with E-state index in [0.717, 1.165) is 37.8 Å². The fourth-order valence-electron chi connectivity index (χ4n) is 3.32. The van der Waals surface area contributed by atoms with Crippen molar-refractivity contribution in [1.82, 2.24) is 25.3 Å². The lowest BCUT2D eigenvalue weighted by Crippen LogP contribution is -2.38. The minimum Gasteiger partial charge on any atom is -0.350 e. The first-order valence-electron chi connectivity index (χ1n) is 8.78. The van der Waals surface area contributed by atoms with Crippen LogP contribution in [0.4, 0.5) is 19.1 Å². The van der Waals surface area contributed by atoms with Crippen LogP contribution in [0.25, 0.3) is 22.3 Å². The number of pyridine rings is 1. The molecule has 0 aromatic carbocycles. The minimum atomic E-state index is -4.55. The summed E-state index contributed by atoms with van der Waals surface area (Å²) in [5.41, 5.74) is 0.651. The molecule has 9 heteroatoms. The summed E-state index contributed by atoms with van der Waals surface area (Å²) in [4.78, 5) is 15.4. The summed E-state index contributed by atoms with van der Waals surface area (Å²) < 4.78 is 40.7. The zero-order valence-corrected chi connectivity index (χ0v) is 14.7. The van der Waals surface area contributed by atoms with Crippen molar-refractivity contribution in [2.24, 2.45) is 0 Å². The van der Waals surface area contributed by atoms with E-state index in [4.69, 9.17) is 0 Å². The monoisotopic (exact) mass is 376 g/mol. The van der Waals surface area contributed by atoms with Crippen LogP contribution in [0.15, 0.2) is 24.5 Å². The van der Waals surface area contributed by atoms with Crippen molar-refractivity contribution in [2.45, 2.75) is 32.0 Å². The number of halogens is 3. The molecule has 3 aromatic rings. The van der Waals surface area contributed by atoms with Crippen molar-refractivity contribution in [1.29, 1.82) is 0 Å². The Morgan fingerprint density at radius 1 is 1.22 bits per heavy atom. The molecule has 6 nitrogen and oxygen atoms in total. The van der Waals surface area contributed by atoms with Gasteiger partial charge in [-0.3, -0.25) is 0 Å². The van der Waals surface area contributed by atoms with Gasteiger partial charge in [0.15, 0.2) is 0 Å². The van der Waals surface area contributed by atoms with Gasteiger partial charge in [0.25, 0.3) is 0 Å². The zero-order valence-electron chi connectivity index (χ0n) is 14.7. The van der Waals surface area contributed by atoms with Gasteiger partial charge in [0.05, 0.1) is 5.69 Å². The Morgan fingerprint density at radius 3 is 2.81 bits per heavy atom. The number of alkyl halides is 3. The third-order valence-electron chi connectivity index (χ3n) is 4.66. The van der Waals surface area contributed by atoms with Gasteiger partial charge < -0.3 is 15.6 Å². The molecule has 0 saturated carbocycles. The molecule has 0 amide bonds. The fraction of sp³-hybridized carbons (Fsp3) is 0.389. The highest BCUT2D eigenvalue weighted by atomic mass is 19.4. The molecule has 142 valence electrons. The van der Waals surface area contributed by atoms with Gasteiger partial charge in [-0.15, -0.1) is 0 Å². The number of aromatic amines is 1. The molecule has 0 radical (unpaired) electrons. The maximum absolute atomic E-state index is 13.6. The molecular formula is C18H19F3N6. The van der Waals surface area contributed by atoms with E-state index in [2.05, 4.69) is 30.6 Å². The molecule has 1 unspecified atom stereocenters. The van der Waals surface area contributed by atoms with E-state index in [-0.39, 0.29) is 17.7 Å². The summed E-state index contributed by atoms with van der Waals surface area (Å²) in [6.45, 7) is 3.50. The molecule has 27 heavy (non-hydrogen) atoms. The van der Waals surface area contributed by atoms with Crippen LogP contribution < -0.4 is 10.6 Å². The molecule has 0 spiro atoms. The largest absolute Gasteiger partial charge is 0.419 e. The standard InChI is InChI=1S/C18H19F3N6/c1-10-4-5-12-13(8-23-16(12)25-10)15-14(18(19,20)21)9-24-17(27-15)26-11-3-2-6-22-7-11/h4-5,8-9,11,22H,2-3,6-7H2,1H3,(H,23,25)(H,24,26,27). The van der Waals surface area contributed by atoms with Crippen LogP contribution in [0.2, 0.25) is 0 Å². The van der Waals surface area contributed by atoms with Crippen LogP contribution >= 0.6 is 0 Å². The maximum atomic E-state index is 13.6. The average molecular weight is 376 g/mol. The highest BCUT2D eigenvalue weighted by Gasteiger charge is 2.36. The number of aromatic nitrogens is 4. The second-order valence-corrected chi connectivity index (χ2v) is 6.69. The number of fused-ring (bicyclic) bond motifs is 1. The van der Waals surface area contributed by atoms with Gasteiger partial charge in [0.1, 0.15) is 11.2 Å². The quantitative estimate of drug-likeness (QED) is 0.652. The zero-order chi connectivity index (χ0) is 19.0. The van der Waals surface area contributed by atoms with Crippen LogP contribution in [0.3, 0.4) is 0 Å². The van der Waals surface area contributed by atoms with Crippen molar-refractivity contribution >= 4 is 17.0 Å². The van der Waals surface area contributed by atoms with Gasteiger partial charge in [-0.05, 0) is 38.4 Å². The summed E-state index contributed by atoms with van der Waals surface area (Å²) in [5, 5.41) is 6.98. The van der Waals surface area contributed by atoms with Crippen LogP contribution in [0.5, 0.6) is 0 Å². The maximum Gasteiger partial charge on any atom is 0.419 e. The predicted octanol–water partition coefficient (Wildman–Crippen LogP) is 3.51. The van der Waals surface area contributed by atoms with Crippen LogP contribution in [-0.2, 0) is 6.18 Å². The van der Waals surface area contributed by atoms with E-state index in [1.807, 2.05) is 6.92 Å².